The van der Waals surface area contributed by atoms with Crippen molar-refractivity contribution in [1.82, 2.24) is 10.2 Å². The van der Waals surface area contributed by atoms with Gasteiger partial charge in [0.15, 0.2) is 0 Å². The van der Waals surface area contributed by atoms with Crippen LogP contribution >= 0.6 is 0 Å². The first-order valence-corrected chi connectivity index (χ1v) is 8.70. The lowest BCUT2D eigenvalue weighted by Gasteiger charge is -2.36. The van der Waals surface area contributed by atoms with E-state index in [1.165, 1.54) is 12.0 Å². The second kappa shape index (κ2) is 7.59. The Morgan fingerprint density at radius 1 is 1.20 bits per heavy atom. The maximum absolute atomic E-state index is 13.0. The molecule has 0 aromatic rings. The normalized spacial score (nSPS) is 30.1. The molecule has 8 nitrogen and oxygen atoms in total. The minimum absolute atomic E-state index is 0.0924. The second-order valence-electron chi connectivity index (χ2n) is 7.68. The fraction of sp³-hybridized carbons (Fsp3) is 0.824. The van der Waals surface area contributed by atoms with Gasteiger partial charge >= 0.3 is 12.1 Å². The lowest BCUT2D eigenvalue weighted by atomic mass is 9.97. The van der Waals surface area contributed by atoms with E-state index in [2.05, 4.69) is 5.32 Å². The van der Waals surface area contributed by atoms with Gasteiger partial charge in [0.05, 0.1) is 13.2 Å². The summed E-state index contributed by atoms with van der Waals surface area (Å²) in [5.41, 5.74) is -0.696. The van der Waals surface area contributed by atoms with E-state index in [-0.39, 0.29) is 18.4 Å². The molecule has 0 bridgehead atoms. The molecule has 0 radical (unpaired) electrons. The third kappa shape index (κ3) is 4.84. The van der Waals surface area contributed by atoms with Gasteiger partial charge < -0.3 is 24.8 Å². The van der Waals surface area contributed by atoms with E-state index in [0.717, 1.165) is 0 Å². The van der Waals surface area contributed by atoms with Gasteiger partial charge in [-0.25, -0.2) is 9.59 Å². The highest BCUT2D eigenvalue weighted by Gasteiger charge is 2.45. The van der Waals surface area contributed by atoms with Crippen LogP contribution in [0.5, 0.6) is 0 Å². The maximum atomic E-state index is 13.0. The summed E-state index contributed by atoms with van der Waals surface area (Å²) in [5.74, 6) is -0.824. The number of ether oxygens (including phenoxy) is 2. The fourth-order valence-electron chi connectivity index (χ4n) is 3.49. The van der Waals surface area contributed by atoms with Crippen molar-refractivity contribution in [2.24, 2.45) is 0 Å². The highest BCUT2D eigenvalue weighted by molar-refractivity contribution is 5.90. The smallest absolute Gasteiger partial charge is 0.408 e. The fourth-order valence-corrected chi connectivity index (χ4v) is 3.49. The van der Waals surface area contributed by atoms with Crippen LogP contribution in [-0.2, 0) is 19.1 Å². The molecular formula is C17H28N2O6. The zero-order valence-electron chi connectivity index (χ0n) is 15.3. The van der Waals surface area contributed by atoms with Crippen molar-refractivity contribution in [2.75, 3.05) is 7.11 Å². The van der Waals surface area contributed by atoms with Crippen molar-refractivity contribution in [1.29, 1.82) is 0 Å². The minimum Gasteiger partial charge on any atom is -0.467 e. The summed E-state index contributed by atoms with van der Waals surface area (Å²) in [6, 6.07) is -1.70. The molecule has 8 heteroatoms. The molecule has 0 spiro atoms. The number of alkyl carbamates (subject to hydrolysis) is 1. The number of carbonyl (C=O) groups is 3. The molecule has 2 fully saturated rings. The van der Waals surface area contributed by atoms with E-state index in [1.54, 1.807) is 20.8 Å². The van der Waals surface area contributed by atoms with E-state index < -0.39 is 35.9 Å². The van der Waals surface area contributed by atoms with Crippen LogP contribution in [0, 0.1) is 0 Å². The number of carbonyl (C=O) groups excluding carboxylic acids is 3. The van der Waals surface area contributed by atoms with E-state index >= 15 is 0 Å². The van der Waals surface area contributed by atoms with Crippen LogP contribution in [0.2, 0.25) is 0 Å². The zero-order chi connectivity index (χ0) is 18.8. The molecule has 2 aliphatic heterocycles. The van der Waals surface area contributed by atoms with Crippen LogP contribution < -0.4 is 5.32 Å². The summed E-state index contributed by atoms with van der Waals surface area (Å²) in [6.07, 6.45) is 1.02. The number of hydrogen-bond acceptors (Lipinski definition) is 6. The molecule has 142 valence electrons. The Hall–Kier alpha value is -1.83. The van der Waals surface area contributed by atoms with Crippen molar-refractivity contribution < 1.29 is 29.0 Å². The molecule has 2 heterocycles. The molecule has 0 aromatic carbocycles. The monoisotopic (exact) mass is 356 g/mol. The Kier molecular flexibility index (Phi) is 5.92. The van der Waals surface area contributed by atoms with Gasteiger partial charge in [0.2, 0.25) is 5.91 Å². The number of fused-ring (bicyclic) bond motifs is 1. The molecule has 0 aromatic heterocycles. The molecule has 25 heavy (non-hydrogen) atoms. The first kappa shape index (κ1) is 19.5. The number of nitrogens with one attached hydrogen (secondary N) is 1. The summed E-state index contributed by atoms with van der Waals surface area (Å²) >= 11 is 0. The van der Waals surface area contributed by atoms with Gasteiger partial charge in [0.1, 0.15) is 17.7 Å². The van der Waals surface area contributed by atoms with Gasteiger partial charge in [-0.3, -0.25) is 4.79 Å². The van der Waals surface area contributed by atoms with Crippen LogP contribution in [0.25, 0.3) is 0 Å². The number of aliphatic hydroxyl groups is 1. The number of esters is 1. The third-order valence-electron chi connectivity index (χ3n) is 4.56. The average Bonchev–Trinajstić information content (AvgIpc) is 2.91. The van der Waals surface area contributed by atoms with Crippen LogP contribution in [-0.4, -0.2) is 64.9 Å². The summed E-state index contributed by atoms with van der Waals surface area (Å²) < 4.78 is 10.0. The quantitative estimate of drug-likeness (QED) is 0.714. The maximum Gasteiger partial charge on any atom is 0.408 e. The Labute approximate surface area is 147 Å². The Morgan fingerprint density at radius 3 is 2.44 bits per heavy atom. The summed E-state index contributed by atoms with van der Waals surface area (Å²) in [4.78, 5) is 38.6. The summed E-state index contributed by atoms with van der Waals surface area (Å²) in [5, 5.41) is 12.7. The average molecular weight is 356 g/mol. The van der Waals surface area contributed by atoms with Crippen LogP contribution in [0.1, 0.15) is 52.9 Å². The Balaban J connectivity index is 2.18. The zero-order valence-corrected chi connectivity index (χ0v) is 15.3. The lowest BCUT2D eigenvalue weighted by molar-refractivity contribution is -0.154. The minimum atomic E-state index is -0.932. The molecule has 0 saturated carbocycles. The van der Waals surface area contributed by atoms with E-state index in [9.17, 15) is 19.5 Å². The SMILES string of the molecule is COC(=O)[C@@H]1CC[C@@H]2CCC(O)C[C@H](NC(=O)OC(C)(C)C)C(=O)N21. The van der Waals surface area contributed by atoms with Gasteiger partial charge in [0.25, 0.3) is 0 Å². The van der Waals surface area contributed by atoms with Crippen LogP contribution in [0.4, 0.5) is 4.79 Å². The van der Waals surface area contributed by atoms with Gasteiger partial charge in [-0.1, -0.05) is 0 Å². The van der Waals surface area contributed by atoms with E-state index in [1.807, 2.05) is 0 Å². The Morgan fingerprint density at radius 2 is 1.84 bits per heavy atom. The number of nitrogens with zero attached hydrogens (tertiary/aromatic N) is 1. The first-order valence-electron chi connectivity index (χ1n) is 8.70. The predicted molar refractivity (Wildman–Crippen MR) is 88.7 cm³/mol. The number of aliphatic hydroxyl groups excluding tert-OH is 1. The lowest BCUT2D eigenvalue weighted by Crippen LogP contribution is -2.56. The number of methoxy groups -OCH3 is 1. The van der Waals surface area contributed by atoms with E-state index in [0.29, 0.717) is 25.7 Å². The Bertz CT molecular complexity index is 530. The van der Waals surface area contributed by atoms with Crippen molar-refractivity contribution in [2.45, 2.75) is 82.7 Å². The van der Waals surface area contributed by atoms with Crippen molar-refractivity contribution in [3.63, 3.8) is 0 Å². The summed E-state index contributed by atoms with van der Waals surface area (Å²) in [6.45, 7) is 5.18. The third-order valence-corrected chi connectivity index (χ3v) is 4.56. The number of rotatable bonds is 2. The number of amides is 2. The molecular weight excluding hydrogens is 328 g/mol. The number of hydrogen-bond donors (Lipinski definition) is 2. The van der Waals surface area contributed by atoms with E-state index in [4.69, 9.17) is 9.47 Å². The van der Waals surface area contributed by atoms with Gasteiger partial charge in [-0.2, -0.15) is 0 Å². The molecule has 2 aliphatic rings. The second-order valence-corrected chi connectivity index (χ2v) is 7.68. The molecule has 2 saturated heterocycles. The van der Waals surface area contributed by atoms with Gasteiger partial charge in [0, 0.05) is 12.5 Å². The molecule has 1 unspecified atom stereocenters. The standard InChI is InChI=1S/C17H28N2O6/c1-17(2,3)25-16(23)18-12-9-11(20)7-5-10-6-8-13(15(22)24-4)19(10)14(12)21/h10-13,20H,5-9H2,1-4H3,(H,18,23)/t10-,11?,12-,13-/m0/s1. The van der Waals surface area contributed by atoms with Crippen molar-refractivity contribution in [3.8, 4) is 0 Å². The van der Waals surface area contributed by atoms with Crippen LogP contribution in [0.3, 0.4) is 0 Å². The van der Waals surface area contributed by atoms with Gasteiger partial charge in [-0.15, -0.1) is 0 Å². The van der Waals surface area contributed by atoms with Crippen molar-refractivity contribution >= 4 is 18.0 Å². The van der Waals surface area contributed by atoms with Gasteiger partial charge in [-0.05, 0) is 46.5 Å². The highest BCUT2D eigenvalue weighted by Crippen LogP contribution is 2.32. The van der Waals surface area contributed by atoms with Crippen molar-refractivity contribution in [3.05, 3.63) is 0 Å². The van der Waals surface area contributed by atoms with Crippen LogP contribution in [0.15, 0.2) is 0 Å². The predicted octanol–water partition coefficient (Wildman–Crippen LogP) is 0.957. The molecule has 4 atom stereocenters. The molecule has 2 N–H and O–H groups in total. The summed E-state index contributed by atoms with van der Waals surface area (Å²) in [7, 11) is 1.30. The molecule has 0 aliphatic carbocycles. The first-order chi connectivity index (χ1) is 11.6. The molecule has 2 rings (SSSR count). The topological polar surface area (TPSA) is 105 Å². The molecule has 2 amide bonds. The highest BCUT2D eigenvalue weighted by atomic mass is 16.6. The largest absolute Gasteiger partial charge is 0.467 e.